The van der Waals surface area contributed by atoms with E-state index in [1.807, 2.05) is 114 Å². The third-order valence-electron chi connectivity index (χ3n) is 27.0. The molecule has 0 spiro atoms. The van der Waals surface area contributed by atoms with Gasteiger partial charge >= 0.3 is 0 Å². The molecule has 3 saturated carbocycles. The van der Waals surface area contributed by atoms with Gasteiger partial charge in [-0.2, -0.15) is 5.26 Å². The number of anilines is 4. The molecule has 0 bridgehead atoms. The molecule has 0 radical (unpaired) electrons. The van der Waals surface area contributed by atoms with Gasteiger partial charge in [-0.3, -0.25) is 24.4 Å². The van der Waals surface area contributed by atoms with Crippen molar-refractivity contribution in [3.05, 3.63) is 326 Å². The van der Waals surface area contributed by atoms with Crippen molar-refractivity contribution in [2.45, 2.75) is 153 Å². The predicted octanol–water partition coefficient (Wildman–Crippen LogP) is 26.4. The Balaban J connectivity index is 0.000000128. The van der Waals surface area contributed by atoms with Gasteiger partial charge in [0.2, 0.25) is 0 Å². The zero-order chi connectivity index (χ0) is 85.7. The summed E-state index contributed by atoms with van der Waals surface area (Å²) in [6.07, 6.45) is 15.7. The molecule has 8 aliphatic rings. The molecule has 0 aromatic heterocycles. The Kier molecular flexibility index (Phi) is 31.1. The first-order valence-corrected chi connectivity index (χ1v) is 47.6. The first-order valence-electron chi connectivity index (χ1n) is 44.6. The van der Waals surface area contributed by atoms with E-state index in [4.69, 9.17) is 92.8 Å². The lowest BCUT2D eigenvalue weighted by Gasteiger charge is -2.48. The summed E-state index contributed by atoms with van der Waals surface area (Å²) in [6.45, 7) is 24.3. The molecule has 19 heteroatoms. The van der Waals surface area contributed by atoms with Gasteiger partial charge in [0.25, 0.3) is 5.91 Å². The van der Waals surface area contributed by atoms with E-state index in [1.54, 1.807) is 0 Å². The zero-order valence-corrected chi connectivity index (χ0v) is 77.5. The molecule has 4 atom stereocenters. The fraction of sp³-hybridized carbons (Fsp3) is 0.404. The molecule has 0 N–H and O–H groups in total. The second kappa shape index (κ2) is 42.4. The van der Waals surface area contributed by atoms with E-state index >= 15 is 0 Å². The van der Waals surface area contributed by atoms with Gasteiger partial charge in [0, 0.05) is 142 Å². The molecule has 644 valence electrons. The quantitative estimate of drug-likeness (QED) is 0.0934. The molecular formula is C104H116Cl8N10O. The number of carbonyl (C=O) groups excluding carboxylic acids is 1. The maximum absolute atomic E-state index is 12.9. The molecule has 1 amide bonds. The van der Waals surface area contributed by atoms with Gasteiger partial charge in [-0.1, -0.05) is 233 Å². The first kappa shape index (κ1) is 90.3. The van der Waals surface area contributed by atoms with Crippen LogP contribution in [0.4, 0.5) is 22.7 Å². The number of halogens is 8. The van der Waals surface area contributed by atoms with Crippen LogP contribution in [0.15, 0.2) is 231 Å². The van der Waals surface area contributed by atoms with E-state index in [2.05, 4.69) is 194 Å². The summed E-state index contributed by atoms with van der Waals surface area (Å²) in [5.74, 6) is 1.93. The van der Waals surface area contributed by atoms with Crippen molar-refractivity contribution in [1.29, 1.82) is 5.26 Å². The summed E-state index contributed by atoms with van der Waals surface area (Å²) in [5, 5.41) is 16.5. The van der Waals surface area contributed by atoms with Crippen molar-refractivity contribution in [2.24, 2.45) is 11.8 Å². The minimum absolute atomic E-state index is 0.141. The average molecular weight is 1810 g/mol. The zero-order valence-electron chi connectivity index (χ0n) is 71.5. The molecule has 11 nitrogen and oxygen atoms in total. The van der Waals surface area contributed by atoms with Gasteiger partial charge in [-0.15, -0.1) is 0 Å². The normalized spacial score (nSPS) is 22.1. The van der Waals surface area contributed by atoms with Crippen LogP contribution < -0.4 is 19.6 Å². The van der Waals surface area contributed by atoms with Gasteiger partial charge in [0.05, 0.1) is 78.5 Å². The highest BCUT2D eigenvalue weighted by Crippen LogP contribution is 2.46. The van der Waals surface area contributed by atoms with E-state index in [0.717, 1.165) is 216 Å². The smallest absolute Gasteiger partial charge is 0.253 e. The molecule has 10 aromatic carbocycles. The number of hydrogen-bond donors (Lipinski definition) is 0. The maximum Gasteiger partial charge on any atom is 0.253 e. The maximum atomic E-state index is 12.9. The number of likely N-dealkylation sites (tertiary alicyclic amines) is 1. The molecule has 4 unspecified atom stereocenters. The molecule has 5 aliphatic heterocycles. The van der Waals surface area contributed by atoms with E-state index in [0.29, 0.717) is 24.2 Å². The fourth-order valence-electron chi connectivity index (χ4n) is 20.0. The van der Waals surface area contributed by atoms with Crippen molar-refractivity contribution in [2.75, 3.05) is 124 Å². The summed E-state index contributed by atoms with van der Waals surface area (Å²) >= 11 is 51.4. The minimum Gasteiger partial charge on any atom is -0.361 e. The van der Waals surface area contributed by atoms with E-state index in [1.165, 1.54) is 103 Å². The number of nitrogens with zero attached hydrogens (tertiary/aromatic N) is 10. The number of piperazine rings is 4. The van der Waals surface area contributed by atoms with Gasteiger partial charge in [0.15, 0.2) is 0 Å². The summed E-state index contributed by atoms with van der Waals surface area (Å²) in [7, 11) is 0. The number of rotatable bonds is 16. The van der Waals surface area contributed by atoms with Crippen LogP contribution in [0.5, 0.6) is 0 Å². The monoisotopic (exact) mass is 1800 g/mol. The van der Waals surface area contributed by atoms with Crippen LogP contribution in [0.3, 0.4) is 0 Å². The lowest BCUT2D eigenvalue weighted by molar-refractivity contribution is 0.0587. The Morgan fingerprint density at radius 1 is 0.350 bits per heavy atom. The Labute approximate surface area is 771 Å². The van der Waals surface area contributed by atoms with E-state index < -0.39 is 0 Å². The van der Waals surface area contributed by atoms with Crippen LogP contribution in [-0.2, 0) is 5.41 Å². The van der Waals surface area contributed by atoms with E-state index in [9.17, 15) is 10.1 Å². The number of benzene rings is 10. The number of carbonyl (C=O) groups is 1. The summed E-state index contributed by atoms with van der Waals surface area (Å²) in [4.78, 5) is 35.3. The summed E-state index contributed by atoms with van der Waals surface area (Å²) < 4.78 is 0. The van der Waals surface area contributed by atoms with Crippen LogP contribution in [0.2, 0.25) is 40.2 Å². The fourth-order valence-corrected chi connectivity index (χ4v) is 21.9. The van der Waals surface area contributed by atoms with Gasteiger partial charge in [0.1, 0.15) is 0 Å². The van der Waals surface area contributed by atoms with Crippen molar-refractivity contribution < 1.29 is 4.79 Å². The van der Waals surface area contributed by atoms with Crippen LogP contribution in [-0.4, -0.2) is 147 Å². The largest absolute Gasteiger partial charge is 0.361 e. The van der Waals surface area contributed by atoms with Crippen molar-refractivity contribution >= 4 is 121 Å². The number of amides is 1. The van der Waals surface area contributed by atoms with Crippen molar-refractivity contribution in [3.63, 3.8) is 0 Å². The molecule has 18 rings (SSSR count). The number of piperidine rings is 1. The van der Waals surface area contributed by atoms with Crippen molar-refractivity contribution in [3.8, 4) is 6.07 Å². The van der Waals surface area contributed by atoms with Gasteiger partial charge < -0.3 is 24.5 Å². The Hall–Kier alpha value is -7.48. The highest BCUT2D eigenvalue weighted by molar-refractivity contribution is 6.35. The molecular weight excluding hydrogens is 1690 g/mol. The van der Waals surface area contributed by atoms with Crippen molar-refractivity contribution in [1.82, 2.24) is 24.5 Å². The molecule has 5 saturated heterocycles. The Morgan fingerprint density at radius 3 is 1.02 bits per heavy atom. The third kappa shape index (κ3) is 23.1. The third-order valence-corrected chi connectivity index (χ3v) is 29.2. The molecule has 3 aliphatic carbocycles. The van der Waals surface area contributed by atoms with Gasteiger partial charge in [-0.25, -0.2) is 0 Å². The Morgan fingerprint density at radius 2 is 0.675 bits per heavy atom. The predicted molar refractivity (Wildman–Crippen MR) is 518 cm³/mol. The lowest BCUT2D eigenvalue weighted by atomic mass is 9.69. The number of aryl methyl sites for hydroxylation is 4. The molecule has 123 heavy (non-hydrogen) atoms. The van der Waals surface area contributed by atoms with E-state index in [-0.39, 0.29) is 23.4 Å². The van der Waals surface area contributed by atoms with Crippen LogP contribution >= 0.6 is 92.8 Å². The number of nitriles is 1. The SMILES string of the molecule is Cc1ccc(N2CCN(C3CCC(C#N)(c4ccccc4)CC3)CC2c2ccc(Cl)cc2)c(Cl)c1.Cc1ccc(N2CCN(C3CCN(C(=O)c4ccccc4)CC3)CC2c2ccc(Cl)cc2)c(Cl)c1.Cc1ccc(N2CCN(CC3CC3)CC2c2ccc(Cl)cc2)c(Cl)c1.Cc1ccc(N2CCN(CC3CCCCC3)CC2c2ccc(Cl)cc2)c(Cl)c1. The first-order chi connectivity index (χ1) is 59.7. The number of hydrogen-bond acceptors (Lipinski definition) is 10. The van der Waals surface area contributed by atoms with Crippen LogP contribution in [0, 0.1) is 50.9 Å². The van der Waals surface area contributed by atoms with Crippen LogP contribution in [0.1, 0.15) is 168 Å². The topological polar surface area (TPSA) is 70.0 Å². The highest BCUT2D eigenvalue weighted by Gasteiger charge is 2.43. The molecule has 8 fully saturated rings. The standard InChI is InChI=1S/C30H31Cl2N3.C29H31Cl2N3O.C24H30Cl2N2.C21H24Cl2N2/c1-22-7-12-28(27(32)19-22)35-18-17-34(20-29(35)23-8-10-25(31)11-9-23)26-13-15-30(21-33,16-14-26)24-5-3-2-4-6-24;1-21-7-12-27(26(31)19-21)34-18-17-33(20-28(34)22-8-10-24(30)11-9-22)25-13-15-32(16-14-25)29(35)23-5-3-2-4-6-23;1-18-7-12-23(22(26)15-18)28-14-13-27(16-19-5-3-2-4-6-19)17-24(28)20-8-10-21(25)11-9-20;1-15-2-9-20(19(23)12-15)25-11-10-24(13-16-3-4-16)14-21(25)17-5-7-18(22)8-6-17/h2-12,19,26,29H,13-18,20H2,1H3;2-12,19,25,28H,13-18,20H2,1H3;7-12,15,19,24H,2-6,13-14,16-17H2,1H3;2,5-9,12,16,21H,3-4,10-11,13-14H2,1H3. The summed E-state index contributed by atoms with van der Waals surface area (Å²) in [5.41, 5.74) is 15.9. The second-order valence-corrected chi connectivity index (χ2v) is 38.9. The minimum atomic E-state index is -0.357. The van der Waals surface area contributed by atoms with Gasteiger partial charge in [-0.05, 0) is 263 Å². The Bertz CT molecular complexity index is 5150. The molecule has 5 heterocycles. The lowest BCUT2D eigenvalue weighted by Crippen LogP contribution is -2.55. The van der Waals surface area contributed by atoms with Crippen LogP contribution in [0.25, 0.3) is 0 Å². The summed E-state index contributed by atoms with van der Waals surface area (Å²) in [6, 6.07) is 83.1. The average Bonchev–Trinajstić information content (AvgIpc) is 1.64. The highest BCUT2D eigenvalue weighted by atomic mass is 35.5. The second-order valence-electron chi connectivity index (χ2n) is 35.5. The molecule has 10 aromatic rings.